The molecule has 0 fully saturated rings. The third-order valence-corrected chi connectivity index (χ3v) is 3.85. The molecular formula is C12H13NS2. The fraction of sp³-hybridized carbons (Fsp3) is 0.250. The van der Waals surface area contributed by atoms with Crippen LogP contribution in [0.5, 0.6) is 0 Å². The number of benzene rings is 1. The zero-order valence-electron chi connectivity index (χ0n) is 8.83. The van der Waals surface area contributed by atoms with Crippen LogP contribution in [0.15, 0.2) is 24.4 Å². The molecule has 15 heavy (non-hydrogen) atoms. The summed E-state index contributed by atoms with van der Waals surface area (Å²) in [6.45, 7) is 4.33. The van der Waals surface area contributed by atoms with E-state index in [1.54, 1.807) is 11.3 Å². The zero-order chi connectivity index (χ0) is 10.8. The van der Waals surface area contributed by atoms with Gasteiger partial charge in [0.15, 0.2) is 3.95 Å². The van der Waals surface area contributed by atoms with Crippen LogP contribution >= 0.6 is 23.6 Å². The minimum atomic E-state index is 0.857. The maximum Gasteiger partial charge on any atom is 0.158 e. The number of nitrogens with one attached hydrogen (secondary N) is 1. The highest BCUT2D eigenvalue weighted by molar-refractivity contribution is 7.73. The molecule has 0 atom stereocenters. The first-order valence-electron chi connectivity index (χ1n) is 4.89. The fourth-order valence-corrected chi connectivity index (χ4v) is 2.68. The van der Waals surface area contributed by atoms with Gasteiger partial charge in [0.25, 0.3) is 0 Å². The van der Waals surface area contributed by atoms with E-state index in [-0.39, 0.29) is 0 Å². The standard InChI is InChI=1S/C12H13NS2/c1-8-4-3-5-10(9(8)2)6-11-7-13-12(14)15-11/h3-5,7H,6H2,1-2H3,(H,13,14). The molecule has 1 aromatic heterocycles. The Bertz CT molecular complexity index is 522. The average Bonchev–Trinajstić information content (AvgIpc) is 2.59. The molecule has 0 saturated carbocycles. The molecule has 0 amide bonds. The molecule has 2 aromatic rings. The zero-order valence-corrected chi connectivity index (χ0v) is 10.5. The Morgan fingerprint density at radius 2 is 2.13 bits per heavy atom. The van der Waals surface area contributed by atoms with Gasteiger partial charge in [-0.15, -0.1) is 11.3 Å². The van der Waals surface area contributed by atoms with Gasteiger partial charge in [0.1, 0.15) is 0 Å². The Balaban J connectivity index is 2.32. The first kappa shape index (κ1) is 10.6. The van der Waals surface area contributed by atoms with Gasteiger partial charge in [0, 0.05) is 17.5 Å². The van der Waals surface area contributed by atoms with E-state index in [1.807, 2.05) is 6.20 Å². The van der Waals surface area contributed by atoms with Gasteiger partial charge in [0.05, 0.1) is 0 Å². The van der Waals surface area contributed by atoms with Crippen LogP contribution in [0.4, 0.5) is 0 Å². The minimum absolute atomic E-state index is 0.857. The van der Waals surface area contributed by atoms with Crippen molar-refractivity contribution in [1.29, 1.82) is 0 Å². The van der Waals surface area contributed by atoms with Crippen molar-refractivity contribution in [2.75, 3.05) is 0 Å². The van der Waals surface area contributed by atoms with Crippen molar-refractivity contribution >= 4 is 23.6 Å². The monoisotopic (exact) mass is 235 g/mol. The van der Waals surface area contributed by atoms with E-state index >= 15 is 0 Å². The molecule has 0 saturated heterocycles. The molecule has 0 aliphatic heterocycles. The molecule has 1 nitrogen and oxygen atoms in total. The summed E-state index contributed by atoms with van der Waals surface area (Å²) in [5, 5.41) is 0. The molecule has 3 heteroatoms. The molecule has 78 valence electrons. The van der Waals surface area contributed by atoms with Crippen LogP contribution in [0.3, 0.4) is 0 Å². The second-order valence-corrected chi connectivity index (χ2v) is 5.48. The van der Waals surface area contributed by atoms with Crippen LogP contribution in [0, 0.1) is 17.8 Å². The SMILES string of the molecule is Cc1cccc(Cc2c[nH]c(=S)s2)c1C. The summed E-state index contributed by atoms with van der Waals surface area (Å²) in [5.74, 6) is 0. The van der Waals surface area contributed by atoms with Crippen LogP contribution in [-0.4, -0.2) is 4.98 Å². The highest BCUT2D eigenvalue weighted by Crippen LogP contribution is 2.19. The van der Waals surface area contributed by atoms with Gasteiger partial charge >= 0.3 is 0 Å². The summed E-state index contributed by atoms with van der Waals surface area (Å²) in [7, 11) is 0. The number of aryl methyl sites for hydroxylation is 1. The highest BCUT2D eigenvalue weighted by Gasteiger charge is 2.03. The van der Waals surface area contributed by atoms with Crippen molar-refractivity contribution in [3.8, 4) is 0 Å². The van der Waals surface area contributed by atoms with Crippen molar-refractivity contribution in [3.63, 3.8) is 0 Å². The van der Waals surface area contributed by atoms with Crippen LogP contribution in [0.2, 0.25) is 0 Å². The van der Waals surface area contributed by atoms with Gasteiger partial charge in [-0.3, -0.25) is 0 Å². The lowest BCUT2D eigenvalue weighted by molar-refractivity contribution is 1.15. The van der Waals surface area contributed by atoms with E-state index in [1.165, 1.54) is 21.6 Å². The summed E-state index contributed by atoms with van der Waals surface area (Å²) in [6, 6.07) is 6.45. The fourth-order valence-electron chi connectivity index (χ4n) is 1.60. The Labute approximate surface area is 98.8 Å². The minimum Gasteiger partial charge on any atom is -0.343 e. The van der Waals surface area contributed by atoms with E-state index in [2.05, 4.69) is 37.0 Å². The molecule has 0 bridgehead atoms. The van der Waals surface area contributed by atoms with Crippen molar-refractivity contribution in [2.45, 2.75) is 20.3 Å². The molecule has 0 unspecified atom stereocenters. The topological polar surface area (TPSA) is 15.8 Å². The lowest BCUT2D eigenvalue weighted by Crippen LogP contribution is -1.91. The molecule has 1 aromatic carbocycles. The molecule has 1 N–H and O–H groups in total. The molecule has 0 radical (unpaired) electrons. The predicted molar refractivity (Wildman–Crippen MR) is 68.2 cm³/mol. The van der Waals surface area contributed by atoms with E-state index < -0.39 is 0 Å². The van der Waals surface area contributed by atoms with Crippen molar-refractivity contribution in [1.82, 2.24) is 4.98 Å². The van der Waals surface area contributed by atoms with Crippen molar-refractivity contribution < 1.29 is 0 Å². The summed E-state index contributed by atoms with van der Waals surface area (Å²) in [5.41, 5.74) is 4.13. The summed E-state index contributed by atoms with van der Waals surface area (Å²) in [6.07, 6.45) is 2.99. The molecule has 0 aliphatic rings. The summed E-state index contributed by atoms with van der Waals surface area (Å²) in [4.78, 5) is 4.36. The number of H-pyrrole nitrogens is 1. The van der Waals surface area contributed by atoms with Gasteiger partial charge in [0.2, 0.25) is 0 Å². The third kappa shape index (κ3) is 2.36. The number of hydrogen-bond donors (Lipinski definition) is 1. The smallest absolute Gasteiger partial charge is 0.158 e. The van der Waals surface area contributed by atoms with E-state index in [4.69, 9.17) is 12.2 Å². The largest absolute Gasteiger partial charge is 0.343 e. The number of rotatable bonds is 2. The average molecular weight is 235 g/mol. The van der Waals surface area contributed by atoms with Gasteiger partial charge in [-0.05, 0) is 42.8 Å². The highest BCUT2D eigenvalue weighted by atomic mass is 32.1. The van der Waals surface area contributed by atoms with Gasteiger partial charge in [-0.1, -0.05) is 18.2 Å². The quantitative estimate of drug-likeness (QED) is 0.778. The molecule has 2 rings (SSSR count). The lowest BCUT2D eigenvalue weighted by Gasteiger charge is -2.06. The Hall–Kier alpha value is -0.930. The number of thiazole rings is 1. The number of aromatic amines is 1. The van der Waals surface area contributed by atoms with Crippen LogP contribution in [0.1, 0.15) is 21.6 Å². The second-order valence-electron chi connectivity index (χ2n) is 3.68. The van der Waals surface area contributed by atoms with Crippen LogP contribution in [-0.2, 0) is 6.42 Å². The van der Waals surface area contributed by atoms with E-state index in [0.29, 0.717) is 0 Å². The molecule has 0 aliphatic carbocycles. The van der Waals surface area contributed by atoms with E-state index in [0.717, 1.165) is 10.4 Å². The normalized spacial score (nSPS) is 10.5. The Morgan fingerprint density at radius 1 is 1.33 bits per heavy atom. The molecule has 0 spiro atoms. The molecular weight excluding hydrogens is 222 g/mol. The maximum absolute atomic E-state index is 5.07. The van der Waals surface area contributed by atoms with Gasteiger partial charge in [-0.2, -0.15) is 0 Å². The number of aromatic nitrogens is 1. The Morgan fingerprint density at radius 3 is 2.80 bits per heavy atom. The van der Waals surface area contributed by atoms with E-state index in [9.17, 15) is 0 Å². The third-order valence-electron chi connectivity index (χ3n) is 2.66. The lowest BCUT2D eigenvalue weighted by atomic mass is 10.0. The Kier molecular flexibility index (Phi) is 3.03. The number of hydrogen-bond acceptors (Lipinski definition) is 2. The first-order chi connectivity index (χ1) is 7.16. The van der Waals surface area contributed by atoms with Gasteiger partial charge < -0.3 is 4.98 Å². The summed E-state index contributed by atoms with van der Waals surface area (Å²) >= 11 is 6.73. The summed E-state index contributed by atoms with van der Waals surface area (Å²) < 4.78 is 0.857. The van der Waals surface area contributed by atoms with Crippen LogP contribution < -0.4 is 0 Å². The maximum atomic E-state index is 5.07. The second kappa shape index (κ2) is 4.29. The van der Waals surface area contributed by atoms with Crippen molar-refractivity contribution in [2.24, 2.45) is 0 Å². The van der Waals surface area contributed by atoms with Crippen molar-refractivity contribution in [3.05, 3.63) is 49.9 Å². The van der Waals surface area contributed by atoms with Gasteiger partial charge in [-0.25, -0.2) is 0 Å². The molecule has 1 heterocycles. The first-order valence-corrected chi connectivity index (χ1v) is 6.12. The van der Waals surface area contributed by atoms with Crippen LogP contribution in [0.25, 0.3) is 0 Å². The predicted octanol–water partition coefficient (Wildman–Crippen LogP) is 4.01.